The highest BCUT2D eigenvalue weighted by Gasteiger charge is 2.41. The van der Waals surface area contributed by atoms with Crippen LogP contribution in [0, 0.1) is 0 Å². The van der Waals surface area contributed by atoms with Gasteiger partial charge in [0.25, 0.3) is 0 Å². The van der Waals surface area contributed by atoms with Gasteiger partial charge < -0.3 is 14.6 Å². The summed E-state index contributed by atoms with van der Waals surface area (Å²) in [5, 5.41) is 9.63. The lowest BCUT2D eigenvalue weighted by Crippen LogP contribution is -2.40. The molecule has 1 fully saturated rings. The monoisotopic (exact) mass is 299 g/mol. The molecule has 108 valence electrons. The average Bonchev–Trinajstić information content (AvgIpc) is 2.82. The van der Waals surface area contributed by atoms with Gasteiger partial charge in [0.2, 0.25) is 0 Å². The largest absolute Gasteiger partial charge is 0.488 e. The number of hydrogen-bond donors (Lipinski definition) is 1. The average molecular weight is 300 g/mol. The molecule has 0 aromatic heterocycles. The van der Waals surface area contributed by atoms with Crippen LogP contribution in [0.5, 0.6) is 5.75 Å². The van der Waals surface area contributed by atoms with Crippen LogP contribution in [0.2, 0.25) is 5.02 Å². The second-order valence-corrected chi connectivity index (χ2v) is 4.84. The molecule has 1 heterocycles. The number of carbonyl (C=O) groups is 2. The summed E-state index contributed by atoms with van der Waals surface area (Å²) in [6.45, 7) is 0.113. The lowest BCUT2D eigenvalue weighted by atomic mass is 10.2. The number of amides is 1. The Morgan fingerprint density at radius 2 is 2.20 bits per heavy atom. The van der Waals surface area contributed by atoms with E-state index in [0.717, 1.165) is 4.90 Å². The summed E-state index contributed by atoms with van der Waals surface area (Å²) in [7, 11) is 1.23. The van der Waals surface area contributed by atoms with Crippen LogP contribution in [0.15, 0.2) is 24.3 Å². The maximum Gasteiger partial charge on any atom is 0.408 e. The van der Waals surface area contributed by atoms with Crippen LogP contribution in [-0.4, -0.2) is 47.9 Å². The van der Waals surface area contributed by atoms with E-state index in [9.17, 15) is 9.59 Å². The highest BCUT2D eigenvalue weighted by atomic mass is 35.5. The fourth-order valence-electron chi connectivity index (χ4n) is 2.19. The maximum atomic E-state index is 11.6. The number of methoxy groups -OCH3 is 1. The van der Waals surface area contributed by atoms with Crippen molar-refractivity contribution in [1.29, 1.82) is 0 Å². The van der Waals surface area contributed by atoms with Gasteiger partial charge in [-0.25, -0.2) is 9.59 Å². The van der Waals surface area contributed by atoms with Crippen molar-refractivity contribution in [1.82, 2.24) is 4.90 Å². The summed E-state index contributed by atoms with van der Waals surface area (Å²) in [4.78, 5) is 23.7. The van der Waals surface area contributed by atoms with E-state index >= 15 is 0 Å². The quantitative estimate of drug-likeness (QED) is 0.864. The molecule has 1 aliphatic rings. The summed E-state index contributed by atoms with van der Waals surface area (Å²) in [5.74, 6) is -0.0389. The molecule has 2 atom stereocenters. The Balaban J connectivity index is 2.08. The molecule has 1 aromatic carbocycles. The number of halogens is 1. The fraction of sp³-hybridized carbons (Fsp3) is 0.385. The minimum Gasteiger partial charge on any atom is -0.488 e. The molecule has 0 saturated carbocycles. The Morgan fingerprint density at radius 1 is 1.45 bits per heavy atom. The number of rotatable bonds is 3. The Kier molecular flexibility index (Phi) is 4.34. The predicted molar refractivity (Wildman–Crippen MR) is 71.0 cm³/mol. The smallest absolute Gasteiger partial charge is 0.408 e. The van der Waals surface area contributed by atoms with Gasteiger partial charge in [-0.05, 0) is 18.2 Å². The standard InChI is InChI=1S/C13H14ClNO5/c1-19-12(16)11-6-10(7-15(11)13(17)18)20-9-4-2-3-8(14)5-9/h2-5,10-11H,6-7H2,1H3,(H,17,18)/t10-,11-/m0/s1. The van der Waals surface area contributed by atoms with E-state index in [4.69, 9.17) is 21.4 Å². The molecule has 0 bridgehead atoms. The summed E-state index contributed by atoms with van der Waals surface area (Å²) >= 11 is 5.85. The number of esters is 1. The van der Waals surface area contributed by atoms with E-state index in [1.165, 1.54) is 7.11 Å². The zero-order valence-corrected chi connectivity index (χ0v) is 11.5. The van der Waals surface area contributed by atoms with Crippen LogP contribution in [0.1, 0.15) is 6.42 Å². The Morgan fingerprint density at radius 3 is 2.80 bits per heavy atom. The van der Waals surface area contributed by atoms with Crippen LogP contribution in [-0.2, 0) is 9.53 Å². The third-order valence-corrected chi connectivity index (χ3v) is 3.32. The van der Waals surface area contributed by atoms with Crippen LogP contribution >= 0.6 is 11.6 Å². The molecule has 0 radical (unpaired) electrons. The molecule has 0 unspecified atom stereocenters. The lowest BCUT2D eigenvalue weighted by molar-refractivity contribution is -0.145. The summed E-state index contributed by atoms with van der Waals surface area (Å²) < 4.78 is 10.3. The van der Waals surface area contributed by atoms with Gasteiger partial charge >= 0.3 is 12.1 Å². The van der Waals surface area contributed by atoms with E-state index in [1.54, 1.807) is 24.3 Å². The molecule has 0 aliphatic carbocycles. The SMILES string of the molecule is COC(=O)[C@@H]1C[C@H](Oc2cccc(Cl)c2)CN1C(=O)O. The molecule has 1 aliphatic heterocycles. The van der Waals surface area contributed by atoms with Gasteiger partial charge in [0.05, 0.1) is 13.7 Å². The topological polar surface area (TPSA) is 76.1 Å². The molecule has 0 spiro atoms. The highest BCUT2D eigenvalue weighted by Crippen LogP contribution is 2.25. The first-order valence-corrected chi connectivity index (χ1v) is 6.38. The fourth-order valence-corrected chi connectivity index (χ4v) is 2.37. The van der Waals surface area contributed by atoms with Crippen LogP contribution in [0.3, 0.4) is 0 Å². The highest BCUT2D eigenvalue weighted by molar-refractivity contribution is 6.30. The zero-order chi connectivity index (χ0) is 14.7. The molecular formula is C13H14ClNO5. The number of carboxylic acid groups (broad SMARTS) is 1. The summed E-state index contributed by atoms with van der Waals surface area (Å²) in [6.07, 6.45) is -1.32. The van der Waals surface area contributed by atoms with Crippen molar-refractivity contribution < 1.29 is 24.2 Å². The molecular weight excluding hydrogens is 286 g/mol. The van der Waals surface area contributed by atoms with Crippen molar-refractivity contribution in [2.24, 2.45) is 0 Å². The normalized spacial score (nSPS) is 21.6. The second kappa shape index (κ2) is 6.00. The number of benzene rings is 1. The Hall–Kier alpha value is -1.95. The first-order chi connectivity index (χ1) is 9.51. The molecule has 7 heteroatoms. The van der Waals surface area contributed by atoms with Crippen LogP contribution < -0.4 is 4.74 Å². The second-order valence-electron chi connectivity index (χ2n) is 4.41. The zero-order valence-electron chi connectivity index (χ0n) is 10.8. The van der Waals surface area contributed by atoms with Crippen molar-refractivity contribution in [3.05, 3.63) is 29.3 Å². The maximum absolute atomic E-state index is 11.6. The van der Waals surface area contributed by atoms with Crippen molar-refractivity contribution in [3.63, 3.8) is 0 Å². The molecule has 1 amide bonds. The molecule has 1 aromatic rings. The third kappa shape index (κ3) is 3.14. The number of likely N-dealkylation sites (tertiary alicyclic amines) is 1. The van der Waals surface area contributed by atoms with Crippen molar-refractivity contribution in [2.45, 2.75) is 18.6 Å². The van der Waals surface area contributed by atoms with Crippen molar-refractivity contribution >= 4 is 23.7 Å². The van der Waals surface area contributed by atoms with Gasteiger partial charge in [0, 0.05) is 11.4 Å². The number of carbonyl (C=O) groups excluding carboxylic acids is 1. The van der Waals surface area contributed by atoms with E-state index < -0.39 is 24.2 Å². The van der Waals surface area contributed by atoms with Gasteiger partial charge in [-0.3, -0.25) is 4.90 Å². The minimum absolute atomic E-state index is 0.113. The van der Waals surface area contributed by atoms with Crippen LogP contribution in [0.4, 0.5) is 4.79 Å². The first kappa shape index (κ1) is 14.5. The number of nitrogens with zero attached hydrogens (tertiary/aromatic N) is 1. The van der Waals surface area contributed by atoms with Crippen molar-refractivity contribution in [2.75, 3.05) is 13.7 Å². The Labute approximate surface area is 120 Å². The van der Waals surface area contributed by atoms with Gasteiger partial charge in [0.15, 0.2) is 0 Å². The lowest BCUT2D eigenvalue weighted by Gasteiger charge is -2.18. The van der Waals surface area contributed by atoms with E-state index in [-0.39, 0.29) is 13.0 Å². The van der Waals surface area contributed by atoms with Crippen LogP contribution in [0.25, 0.3) is 0 Å². The molecule has 1 N–H and O–H groups in total. The summed E-state index contributed by atoms with van der Waals surface area (Å²) in [5.41, 5.74) is 0. The summed E-state index contributed by atoms with van der Waals surface area (Å²) in [6, 6.07) is 5.98. The third-order valence-electron chi connectivity index (χ3n) is 3.08. The number of hydrogen-bond acceptors (Lipinski definition) is 4. The predicted octanol–water partition coefficient (Wildman–Crippen LogP) is 2.01. The first-order valence-electron chi connectivity index (χ1n) is 6.01. The number of ether oxygens (including phenoxy) is 2. The van der Waals surface area contributed by atoms with E-state index in [1.807, 2.05) is 0 Å². The van der Waals surface area contributed by atoms with Gasteiger partial charge in [-0.2, -0.15) is 0 Å². The molecule has 20 heavy (non-hydrogen) atoms. The molecule has 2 rings (SSSR count). The van der Waals surface area contributed by atoms with Gasteiger partial charge in [0.1, 0.15) is 17.9 Å². The van der Waals surface area contributed by atoms with E-state index in [0.29, 0.717) is 10.8 Å². The van der Waals surface area contributed by atoms with E-state index in [2.05, 4.69) is 4.74 Å². The molecule has 1 saturated heterocycles. The van der Waals surface area contributed by atoms with Gasteiger partial charge in [-0.1, -0.05) is 17.7 Å². The van der Waals surface area contributed by atoms with Gasteiger partial charge in [-0.15, -0.1) is 0 Å². The molecule has 6 nitrogen and oxygen atoms in total. The Bertz CT molecular complexity index is 521. The van der Waals surface area contributed by atoms with Crippen molar-refractivity contribution in [3.8, 4) is 5.75 Å². The minimum atomic E-state index is -1.17.